The van der Waals surface area contributed by atoms with Crippen LogP contribution in [0.3, 0.4) is 0 Å². The Morgan fingerprint density at radius 1 is 1.46 bits per heavy atom. The second kappa shape index (κ2) is 4.82. The minimum Gasteiger partial charge on any atom is -0.383 e. The van der Waals surface area contributed by atoms with Crippen molar-refractivity contribution in [3.8, 4) is 0 Å². The number of methoxy groups -OCH3 is 1. The molecule has 0 aliphatic heterocycles. The summed E-state index contributed by atoms with van der Waals surface area (Å²) in [6, 6.07) is 6.72. The molecule has 0 fully saturated rings. The molecule has 0 heterocycles. The fraction of sp³-hybridized carbons (Fsp3) is 0.400. The molecule has 2 nitrogen and oxygen atoms in total. The van der Waals surface area contributed by atoms with Gasteiger partial charge in [0, 0.05) is 13.2 Å². The van der Waals surface area contributed by atoms with Gasteiger partial charge in [-0.25, -0.2) is 4.39 Å². The zero-order valence-electron chi connectivity index (χ0n) is 7.88. The predicted octanol–water partition coefficient (Wildman–Crippen LogP) is 2.27. The summed E-state index contributed by atoms with van der Waals surface area (Å²) in [5.74, 6) is -0.231. The zero-order chi connectivity index (χ0) is 9.68. The molecule has 1 aromatic rings. The van der Waals surface area contributed by atoms with Gasteiger partial charge in [-0.15, -0.1) is 0 Å². The highest BCUT2D eigenvalue weighted by atomic mass is 19.1. The summed E-state index contributed by atoms with van der Waals surface area (Å²) < 4.78 is 18.0. The Labute approximate surface area is 77.7 Å². The van der Waals surface area contributed by atoms with Gasteiger partial charge in [0.25, 0.3) is 0 Å². The number of halogens is 1. The van der Waals surface area contributed by atoms with Crippen molar-refractivity contribution >= 4 is 5.69 Å². The number of rotatable bonds is 4. The minimum absolute atomic E-state index is 0.113. The predicted molar refractivity (Wildman–Crippen MR) is 51.4 cm³/mol. The minimum atomic E-state index is -0.231. The molecule has 0 radical (unpaired) electrons. The van der Waals surface area contributed by atoms with Crippen molar-refractivity contribution in [2.24, 2.45) is 0 Å². The summed E-state index contributed by atoms with van der Waals surface area (Å²) in [4.78, 5) is 0. The van der Waals surface area contributed by atoms with Crippen LogP contribution in [0, 0.1) is 5.82 Å². The molecular weight excluding hydrogens is 169 g/mol. The molecule has 1 atom stereocenters. The van der Waals surface area contributed by atoms with Crippen molar-refractivity contribution in [1.82, 2.24) is 0 Å². The highest BCUT2D eigenvalue weighted by Crippen LogP contribution is 2.13. The Bertz CT molecular complexity index is 265. The van der Waals surface area contributed by atoms with Crippen molar-refractivity contribution in [3.05, 3.63) is 30.1 Å². The lowest BCUT2D eigenvalue weighted by Gasteiger charge is -2.14. The molecule has 1 rings (SSSR count). The van der Waals surface area contributed by atoms with E-state index in [0.29, 0.717) is 12.3 Å². The summed E-state index contributed by atoms with van der Waals surface area (Å²) >= 11 is 0. The molecule has 0 saturated heterocycles. The standard InChI is InChI=1S/C10H14FNO/c1-8(7-13-2)12-10-6-4-3-5-9(10)11/h3-6,8,12H,7H2,1-2H3/t8-/m1/s1. The Kier molecular flexibility index (Phi) is 3.71. The lowest BCUT2D eigenvalue weighted by Crippen LogP contribution is -2.21. The van der Waals surface area contributed by atoms with E-state index < -0.39 is 0 Å². The Hall–Kier alpha value is -1.09. The lowest BCUT2D eigenvalue weighted by atomic mass is 10.2. The molecule has 0 unspecified atom stereocenters. The van der Waals surface area contributed by atoms with Gasteiger partial charge in [-0.2, -0.15) is 0 Å². The van der Waals surface area contributed by atoms with Gasteiger partial charge in [-0.1, -0.05) is 12.1 Å². The van der Waals surface area contributed by atoms with Gasteiger partial charge in [0.05, 0.1) is 12.3 Å². The van der Waals surface area contributed by atoms with Crippen LogP contribution in [0.15, 0.2) is 24.3 Å². The highest BCUT2D eigenvalue weighted by Gasteiger charge is 2.04. The summed E-state index contributed by atoms with van der Waals surface area (Å²) in [6.45, 7) is 2.50. The maximum Gasteiger partial charge on any atom is 0.146 e. The smallest absolute Gasteiger partial charge is 0.146 e. The number of hydrogen-bond donors (Lipinski definition) is 1. The number of nitrogens with one attached hydrogen (secondary N) is 1. The van der Waals surface area contributed by atoms with E-state index in [-0.39, 0.29) is 11.9 Å². The van der Waals surface area contributed by atoms with Crippen LogP contribution in [0.25, 0.3) is 0 Å². The number of anilines is 1. The van der Waals surface area contributed by atoms with Crippen LogP contribution in [-0.4, -0.2) is 19.8 Å². The second-order valence-corrected chi connectivity index (χ2v) is 2.98. The molecule has 0 spiro atoms. The first kappa shape index (κ1) is 9.99. The van der Waals surface area contributed by atoms with Crippen LogP contribution < -0.4 is 5.32 Å². The number of benzene rings is 1. The van der Waals surface area contributed by atoms with E-state index in [9.17, 15) is 4.39 Å². The summed E-state index contributed by atoms with van der Waals surface area (Å²) in [5.41, 5.74) is 0.520. The van der Waals surface area contributed by atoms with Gasteiger partial charge in [-0.05, 0) is 19.1 Å². The van der Waals surface area contributed by atoms with Crippen LogP contribution in [0.5, 0.6) is 0 Å². The quantitative estimate of drug-likeness (QED) is 0.773. The Balaban J connectivity index is 2.58. The summed E-state index contributed by atoms with van der Waals surface area (Å²) in [7, 11) is 1.62. The molecule has 13 heavy (non-hydrogen) atoms. The van der Waals surface area contributed by atoms with Crippen molar-refractivity contribution in [2.45, 2.75) is 13.0 Å². The van der Waals surface area contributed by atoms with Gasteiger partial charge < -0.3 is 10.1 Å². The van der Waals surface area contributed by atoms with E-state index in [1.54, 1.807) is 25.3 Å². The van der Waals surface area contributed by atoms with Crippen molar-refractivity contribution in [3.63, 3.8) is 0 Å². The third-order valence-corrected chi connectivity index (χ3v) is 1.69. The number of ether oxygens (including phenoxy) is 1. The second-order valence-electron chi connectivity index (χ2n) is 2.98. The normalized spacial score (nSPS) is 12.5. The summed E-state index contributed by atoms with van der Waals surface area (Å²) in [5, 5.41) is 3.01. The van der Waals surface area contributed by atoms with E-state index in [2.05, 4.69) is 5.32 Å². The van der Waals surface area contributed by atoms with E-state index >= 15 is 0 Å². The zero-order valence-corrected chi connectivity index (χ0v) is 7.88. The molecule has 1 N–H and O–H groups in total. The van der Waals surface area contributed by atoms with Crippen molar-refractivity contribution < 1.29 is 9.13 Å². The monoisotopic (exact) mass is 183 g/mol. The summed E-state index contributed by atoms with van der Waals surface area (Å²) in [6.07, 6.45) is 0. The van der Waals surface area contributed by atoms with Crippen LogP contribution in [0.4, 0.5) is 10.1 Å². The molecular formula is C10H14FNO. The number of hydrogen-bond acceptors (Lipinski definition) is 2. The van der Waals surface area contributed by atoms with E-state index in [1.807, 2.05) is 6.92 Å². The fourth-order valence-corrected chi connectivity index (χ4v) is 1.14. The van der Waals surface area contributed by atoms with Crippen LogP contribution in [0.2, 0.25) is 0 Å². The van der Waals surface area contributed by atoms with Gasteiger partial charge in [0.2, 0.25) is 0 Å². The van der Waals surface area contributed by atoms with Crippen LogP contribution in [0.1, 0.15) is 6.92 Å². The third kappa shape index (κ3) is 3.03. The van der Waals surface area contributed by atoms with E-state index in [1.165, 1.54) is 6.07 Å². The third-order valence-electron chi connectivity index (χ3n) is 1.69. The van der Waals surface area contributed by atoms with Gasteiger partial charge >= 0.3 is 0 Å². The SMILES string of the molecule is COC[C@@H](C)Nc1ccccc1F. The largest absolute Gasteiger partial charge is 0.383 e. The molecule has 0 saturated carbocycles. The van der Waals surface area contributed by atoms with Crippen LogP contribution in [-0.2, 0) is 4.74 Å². The fourth-order valence-electron chi connectivity index (χ4n) is 1.14. The maximum absolute atomic E-state index is 13.1. The van der Waals surface area contributed by atoms with E-state index in [0.717, 1.165) is 0 Å². The Morgan fingerprint density at radius 2 is 2.15 bits per heavy atom. The van der Waals surface area contributed by atoms with Gasteiger partial charge in [0.1, 0.15) is 5.82 Å². The van der Waals surface area contributed by atoms with Gasteiger partial charge in [0.15, 0.2) is 0 Å². The molecule has 72 valence electrons. The topological polar surface area (TPSA) is 21.3 Å². The average molecular weight is 183 g/mol. The molecule has 0 aromatic heterocycles. The van der Waals surface area contributed by atoms with Crippen LogP contribution >= 0.6 is 0 Å². The lowest BCUT2D eigenvalue weighted by molar-refractivity contribution is 0.190. The Morgan fingerprint density at radius 3 is 2.77 bits per heavy atom. The first-order valence-electron chi connectivity index (χ1n) is 4.24. The highest BCUT2D eigenvalue weighted by molar-refractivity contribution is 5.44. The molecule has 3 heteroatoms. The van der Waals surface area contributed by atoms with Crippen molar-refractivity contribution in [2.75, 3.05) is 19.0 Å². The number of para-hydroxylation sites is 1. The molecule has 0 aliphatic carbocycles. The maximum atomic E-state index is 13.1. The molecule has 0 bridgehead atoms. The van der Waals surface area contributed by atoms with Crippen molar-refractivity contribution in [1.29, 1.82) is 0 Å². The first-order chi connectivity index (χ1) is 6.24. The molecule has 1 aromatic carbocycles. The first-order valence-corrected chi connectivity index (χ1v) is 4.24. The molecule has 0 amide bonds. The van der Waals surface area contributed by atoms with E-state index in [4.69, 9.17) is 4.74 Å². The average Bonchev–Trinajstić information content (AvgIpc) is 2.09. The molecule has 0 aliphatic rings. The van der Waals surface area contributed by atoms with Gasteiger partial charge in [-0.3, -0.25) is 0 Å².